The number of hydrogen-bond donors (Lipinski definition) is 0. The quantitative estimate of drug-likeness (QED) is 0.436. The zero-order chi connectivity index (χ0) is 25.9. The minimum atomic E-state index is -3.19. The van der Waals surface area contributed by atoms with Gasteiger partial charge in [0.2, 0.25) is 5.91 Å². The molecule has 1 fully saturated rings. The number of benzene rings is 3. The Balaban J connectivity index is 1.21. The average molecular weight is 517 g/mol. The molecule has 0 unspecified atom stereocenters. The monoisotopic (exact) mass is 516 g/mol. The molecule has 1 amide bonds. The van der Waals surface area contributed by atoms with Crippen molar-refractivity contribution in [2.24, 2.45) is 0 Å². The number of sulfone groups is 1. The van der Waals surface area contributed by atoms with Crippen molar-refractivity contribution < 1.29 is 13.2 Å². The number of nitrogens with zero attached hydrogens (tertiary/aromatic N) is 2. The third-order valence-electron chi connectivity index (χ3n) is 8.26. The Morgan fingerprint density at radius 2 is 1.54 bits per heavy atom. The number of carbonyl (C=O) groups is 1. The van der Waals surface area contributed by atoms with E-state index in [0.29, 0.717) is 17.9 Å². The van der Waals surface area contributed by atoms with Gasteiger partial charge in [-0.05, 0) is 61.7 Å². The first-order valence-electron chi connectivity index (χ1n) is 13.2. The van der Waals surface area contributed by atoms with Crippen molar-refractivity contribution in [3.05, 3.63) is 102 Å². The van der Waals surface area contributed by atoms with Crippen molar-refractivity contribution in [1.29, 1.82) is 0 Å². The second-order valence-corrected chi connectivity index (χ2v) is 12.7. The lowest BCUT2D eigenvalue weighted by Gasteiger charge is -2.40. The largest absolute Gasteiger partial charge is 0.345 e. The molecule has 194 valence electrons. The molecule has 2 aliphatic rings. The predicted octanol–water partition coefficient (Wildman–Crippen LogP) is 4.68. The van der Waals surface area contributed by atoms with Gasteiger partial charge in [0.1, 0.15) is 0 Å². The fourth-order valence-corrected chi connectivity index (χ4v) is 8.31. The molecular formula is C31H36N2O3S. The Morgan fingerprint density at radius 1 is 0.919 bits per heavy atom. The molecule has 1 saturated heterocycles. The maximum Gasteiger partial charge on any atom is 0.226 e. The van der Waals surface area contributed by atoms with Crippen LogP contribution < -0.4 is 0 Å². The molecule has 5 nitrogen and oxygen atoms in total. The third-order valence-corrected chi connectivity index (χ3v) is 10.2. The van der Waals surface area contributed by atoms with Gasteiger partial charge in [-0.3, -0.25) is 4.79 Å². The lowest BCUT2D eigenvalue weighted by atomic mass is 9.74. The molecule has 0 bridgehead atoms. The van der Waals surface area contributed by atoms with E-state index in [2.05, 4.69) is 29.2 Å². The van der Waals surface area contributed by atoms with Crippen LogP contribution in [0.15, 0.2) is 89.8 Å². The lowest BCUT2D eigenvalue weighted by Crippen LogP contribution is -2.44. The molecule has 2 aliphatic heterocycles. The van der Waals surface area contributed by atoms with E-state index >= 15 is 0 Å². The summed E-state index contributed by atoms with van der Waals surface area (Å²) in [4.78, 5) is 17.8. The number of hydrogen-bond acceptors (Lipinski definition) is 4. The lowest BCUT2D eigenvalue weighted by molar-refractivity contribution is -0.129. The van der Waals surface area contributed by atoms with Crippen molar-refractivity contribution in [1.82, 2.24) is 9.80 Å². The van der Waals surface area contributed by atoms with Gasteiger partial charge in [0.05, 0.1) is 17.1 Å². The highest BCUT2D eigenvalue weighted by atomic mass is 32.2. The first-order chi connectivity index (χ1) is 17.9. The highest BCUT2D eigenvalue weighted by Crippen LogP contribution is 2.46. The number of amides is 1. The summed E-state index contributed by atoms with van der Waals surface area (Å²) in [5.74, 6) is 0.622. The van der Waals surface area contributed by atoms with Crippen molar-refractivity contribution in [2.75, 3.05) is 39.0 Å². The summed E-state index contributed by atoms with van der Waals surface area (Å²) in [6.45, 7) is 3.41. The maximum absolute atomic E-state index is 12.9. The van der Waals surface area contributed by atoms with Crippen molar-refractivity contribution in [3.8, 4) is 0 Å². The smallest absolute Gasteiger partial charge is 0.226 e. The highest BCUT2D eigenvalue weighted by Gasteiger charge is 2.48. The van der Waals surface area contributed by atoms with Crippen molar-refractivity contribution in [3.63, 3.8) is 0 Å². The Kier molecular flexibility index (Phi) is 7.50. The number of likely N-dealkylation sites (tertiary alicyclic amines) is 1. The molecule has 37 heavy (non-hydrogen) atoms. The van der Waals surface area contributed by atoms with E-state index in [1.807, 2.05) is 66.5 Å². The molecule has 3 aromatic carbocycles. The molecule has 1 spiro atoms. The van der Waals surface area contributed by atoms with Crippen LogP contribution >= 0.6 is 0 Å². The predicted molar refractivity (Wildman–Crippen MR) is 147 cm³/mol. The molecule has 1 atom stereocenters. The van der Waals surface area contributed by atoms with E-state index in [-0.39, 0.29) is 23.0 Å². The summed E-state index contributed by atoms with van der Waals surface area (Å²) in [6, 6.07) is 28.0. The van der Waals surface area contributed by atoms with Gasteiger partial charge in [-0.1, -0.05) is 78.9 Å². The van der Waals surface area contributed by atoms with Crippen LogP contribution in [0, 0.1) is 0 Å². The summed E-state index contributed by atoms with van der Waals surface area (Å²) in [5.41, 5.74) is 3.07. The van der Waals surface area contributed by atoms with E-state index < -0.39 is 9.84 Å². The van der Waals surface area contributed by atoms with E-state index in [1.165, 1.54) is 5.56 Å². The Hall–Kier alpha value is -2.96. The molecule has 0 N–H and O–H groups in total. The number of fused-ring (bicyclic) bond motifs is 2. The van der Waals surface area contributed by atoms with Crippen molar-refractivity contribution >= 4 is 15.7 Å². The van der Waals surface area contributed by atoms with Crippen LogP contribution in [0.5, 0.6) is 0 Å². The molecule has 0 radical (unpaired) electrons. The topological polar surface area (TPSA) is 57.7 Å². The fourth-order valence-electron chi connectivity index (χ4n) is 6.08. The molecule has 0 saturated carbocycles. The molecule has 5 rings (SSSR count). The van der Waals surface area contributed by atoms with Gasteiger partial charge in [-0.25, -0.2) is 8.42 Å². The summed E-state index contributed by atoms with van der Waals surface area (Å²) < 4.78 is 25.6. The van der Waals surface area contributed by atoms with Crippen molar-refractivity contribution in [2.45, 2.75) is 41.9 Å². The fraction of sp³-hybridized carbons (Fsp3) is 0.387. The highest BCUT2D eigenvalue weighted by molar-refractivity contribution is 7.91. The second-order valence-electron chi connectivity index (χ2n) is 10.7. The van der Waals surface area contributed by atoms with Crippen LogP contribution in [0.25, 0.3) is 0 Å². The van der Waals surface area contributed by atoms with Crippen LogP contribution in [0.4, 0.5) is 0 Å². The van der Waals surface area contributed by atoms with Gasteiger partial charge >= 0.3 is 0 Å². The summed E-state index contributed by atoms with van der Waals surface area (Å²) in [5, 5.41) is 0. The number of likely N-dealkylation sites (N-methyl/N-ethyl adjacent to an activating group) is 1. The average Bonchev–Trinajstić information content (AvgIpc) is 3.14. The zero-order valence-corrected chi connectivity index (χ0v) is 22.4. The van der Waals surface area contributed by atoms with Gasteiger partial charge in [0, 0.05) is 24.9 Å². The Bertz CT molecular complexity index is 1320. The van der Waals surface area contributed by atoms with Crippen LogP contribution in [-0.2, 0) is 26.5 Å². The van der Waals surface area contributed by atoms with Gasteiger partial charge in [0.15, 0.2) is 9.84 Å². The second kappa shape index (κ2) is 10.8. The van der Waals surface area contributed by atoms with Gasteiger partial charge in [-0.2, -0.15) is 0 Å². The number of rotatable bonds is 8. The summed E-state index contributed by atoms with van der Waals surface area (Å²) in [7, 11) is -1.29. The summed E-state index contributed by atoms with van der Waals surface area (Å²) in [6.07, 6.45) is 3.11. The third kappa shape index (κ3) is 5.65. The first kappa shape index (κ1) is 25.7. The molecule has 2 heterocycles. The number of piperidine rings is 1. The van der Waals surface area contributed by atoms with Gasteiger partial charge in [-0.15, -0.1) is 0 Å². The van der Waals surface area contributed by atoms with E-state index in [9.17, 15) is 13.2 Å². The van der Waals surface area contributed by atoms with E-state index in [1.54, 1.807) is 6.07 Å². The molecule has 6 heteroatoms. The minimum absolute atomic E-state index is 0.133. The zero-order valence-electron chi connectivity index (χ0n) is 21.6. The van der Waals surface area contributed by atoms with Crippen LogP contribution in [0.1, 0.15) is 41.9 Å². The molecule has 0 aromatic heterocycles. The normalized spacial score (nSPS) is 18.8. The summed E-state index contributed by atoms with van der Waals surface area (Å²) >= 11 is 0. The minimum Gasteiger partial charge on any atom is -0.345 e. The molecule has 3 aromatic rings. The van der Waals surface area contributed by atoms with Gasteiger partial charge < -0.3 is 9.80 Å². The molecular weight excluding hydrogens is 480 g/mol. The van der Waals surface area contributed by atoms with Crippen LogP contribution in [0.3, 0.4) is 0 Å². The Morgan fingerprint density at radius 3 is 2.24 bits per heavy atom. The maximum atomic E-state index is 12.9. The van der Waals surface area contributed by atoms with Crippen LogP contribution in [-0.4, -0.2) is 63.1 Å². The standard InChI is InChI=1S/C31H36N2O3S/c1-32(30(34)22-25-10-4-2-5-11-25)23-27(26-12-6-3-7-13-26)16-19-33-20-17-31(18-21-33)24-37(35,36)29-15-9-8-14-28(29)31/h2-15,27H,16-24H2,1H3/t27-/m0/s1. The first-order valence-corrected chi connectivity index (χ1v) is 14.9. The van der Waals surface area contributed by atoms with E-state index in [4.69, 9.17) is 0 Å². The molecule has 0 aliphatic carbocycles. The van der Waals surface area contributed by atoms with E-state index in [0.717, 1.165) is 50.0 Å². The van der Waals surface area contributed by atoms with Crippen LogP contribution in [0.2, 0.25) is 0 Å². The Labute approximate surface area is 221 Å². The number of carbonyl (C=O) groups excluding carboxylic acids is 1. The van der Waals surface area contributed by atoms with Gasteiger partial charge in [0.25, 0.3) is 0 Å². The SMILES string of the molecule is CN(C[C@H](CCN1CCC2(CC1)CS(=O)(=O)c1ccccc12)c1ccccc1)C(=O)Cc1ccccc1.